The van der Waals surface area contributed by atoms with Crippen molar-refractivity contribution in [3.05, 3.63) is 52.4 Å². The van der Waals surface area contributed by atoms with Crippen LogP contribution in [0.5, 0.6) is 0 Å². The molecular formula is C14H14F2N2O2. The summed E-state index contributed by atoms with van der Waals surface area (Å²) in [5, 5.41) is 3.79. The summed E-state index contributed by atoms with van der Waals surface area (Å²) in [6.45, 7) is 3.71. The van der Waals surface area contributed by atoms with Gasteiger partial charge in [0.15, 0.2) is 11.6 Å². The molecule has 0 fully saturated rings. The lowest BCUT2D eigenvalue weighted by Crippen LogP contribution is -2.27. The third kappa shape index (κ3) is 2.54. The Hall–Kier alpha value is -2.24. The highest BCUT2D eigenvalue weighted by atomic mass is 19.2. The predicted molar refractivity (Wildman–Crippen MR) is 68.1 cm³/mol. The van der Waals surface area contributed by atoms with Gasteiger partial charge >= 0.3 is 0 Å². The van der Waals surface area contributed by atoms with Crippen molar-refractivity contribution in [1.29, 1.82) is 0 Å². The molecule has 2 aromatic rings. The zero-order chi connectivity index (χ0) is 14.9. The van der Waals surface area contributed by atoms with Gasteiger partial charge in [0.1, 0.15) is 5.76 Å². The molecule has 0 saturated heterocycles. The van der Waals surface area contributed by atoms with E-state index in [1.807, 2.05) is 0 Å². The van der Waals surface area contributed by atoms with Gasteiger partial charge in [-0.1, -0.05) is 11.2 Å². The number of aryl methyl sites for hydroxylation is 2. The molecule has 1 heterocycles. The van der Waals surface area contributed by atoms with E-state index in [1.165, 1.54) is 24.1 Å². The monoisotopic (exact) mass is 280 g/mol. The Bertz CT molecular complexity index is 633. The summed E-state index contributed by atoms with van der Waals surface area (Å²) in [6, 6.07) is 3.53. The maximum absolute atomic E-state index is 13.6. The van der Waals surface area contributed by atoms with Crippen LogP contribution < -0.4 is 0 Å². The first kappa shape index (κ1) is 14.2. The molecule has 20 heavy (non-hydrogen) atoms. The molecule has 0 aliphatic rings. The van der Waals surface area contributed by atoms with E-state index in [9.17, 15) is 13.6 Å². The number of hydrogen-bond acceptors (Lipinski definition) is 3. The highest BCUT2D eigenvalue weighted by Crippen LogP contribution is 2.18. The molecule has 0 aliphatic heterocycles. The van der Waals surface area contributed by atoms with Gasteiger partial charge in [-0.25, -0.2) is 8.78 Å². The third-order valence-corrected chi connectivity index (χ3v) is 3.11. The summed E-state index contributed by atoms with van der Waals surface area (Å²) in [5.41, 5.74) is 1.14. The van der Waals surface area contributed by atoms with Crippen LogP contribution in [0.4, 0.5) is 8.78 Å². The molecule has 4 nitrogen and oxygen atoms in total. The Morgan fingerprint density at radius 3 is 2.65 bits per heavy atom. The number of carbonyl (C=O) groups is 1. The minimum Gasteiger partial charge on any atom is -0.361 e. The first-order valence-corrected chi connectivity index (χ1v) is 6.03. The van der Waals surface area contributed by atoms with E-state index >= 15 is 0 Å². The van der Waals surface area contributed by atoms with Crippen LogP contribution in [0.1, 0.15) is 27.4 Å². The van der Waals surface area contributed by atoms with Gasteiger partial charge in [-0.2, -0.15) is 0 Å². The largest absolute Gasteiger partial charge is 0.361 e. The number of rotatable bonds is 3. The number of amides is 1. The molecule has 0 unspecified atom stereocenters. The Kier molecular flexibility index (Phi) is 3.83. The van der Waals surface area contributed by atoms with Crippen molar-refractivity contribution < 1.29 is 18.1 Å². The summed E-state index contributed by atoms with van der Waals surface area (Å²) >= 11 is 0. The van der Waals surface area contributed by atoms with Crippen LogP contribution in [0.3, 0.4) is 0 Å². The predicted octanol–water partition coefficient (Wildman–Crippen LogP) is 2.84. The van der Waals surface area contributed by atoms with Crippen molar-refractivity contribution in [1.82, 2.24) is 10.1 Å². The molecule has 0 aliphatic carbocycles. The highest BCUT2D eigenvalue weighted by molar-refractivity contribution is 5.94. The van der Waals surface area contributed by atoms with Crippen LogP contribution in [0.2, 0.25) is 0 Å². The minimum atomic E-state index is -1.14. The van der Waals surface area contributed by atoms with E-state index in [-0.39, 0.29) is 12.1 Å². The van der Waals surface area contributed by atoms with Crippen molar-refractivity contribution in [3.8, 4) is 0 Å². The lowest BCUT2D eigenvalue weighted by Gasteiger charge is -2.17. The molecule has 0 N–H and O–H groups in total. The van der Waals surface area contributed by atoms with Gasteiger partial charge in [-0.05, 0) is 26.0 Å². The summed E-state index contributed by atoms with van der Waals surface area (Å²) < 4.78 is 31.7. The van der Waals surface area contributed by atoms with Crippen LogP contribution in [0, 0.1) is 25.5 Å². The van der Waals surface area contributed by atoms with E-state index in [4.69, 9.17) is 4.52 Å². The molecule has 0 spiro atoms. The fourth-order valence-electron chi connectivity index (χ4n) is 1.91. The zero-order valence-corrected chi connectivity index (χ0v) is 11.4. The smallest absolute Gasteiger partial charge is 0.256 e. The van der Waals surface area contributed by atoms with E-state index in [0.29, 0.717) is 11.5 Å². The van der Waals surface area contributed by atoms with Crippen LogP contribution in [0.15, 0.2) is 22.7 Å². The minimum absolute atomic E-state index is 0.218. The Balaban J connectivity index is 2.23. The third-order valence-electron chi connectivity index (χ3n) is 3.11. The molecule has 1 amide bonds. The zero-order valence-electron chi connectivity index (χ0n) is 11.4. The summed E-state index contributed by atoms with van der Waals surface area (Å²) in [7, 11) is 1.51. The second-order valence-electron chi connectivity index (χ2n) is 4.57. The van der Waals surface area contributed by atoms with Gasteiger partial charge in [0, 0.05) is 12.6 Å². The summed E-state index contributed by atoms with van der Waals surface area (Å²) in [4.78, 5) is 13.4. The Morgan fingerprint density at radius 1 is 1.35 bits per heavy atom. The van der Waals surface area contributed by atoms with Crippen molar-refractivity contribution in [2.75, 3.05) is 7.05 Å². The van der Waals surface area contributed by atoms with Crippen LogP contribution >= 0.6 is 0 Å². The van der Waals surface area contributed by atoms with Crippen molar-refractivity contribution >= 4 is 5.91 Å². The van der Waals surface area contributed by atoms with Gasteiger partial charge in [-0.3, -0.25) is 4.79 Å². The molecule has 0 atom stereocenters. The Labute approximate surface area is 115 Å². The van der Waals surface area contributed by atoms with E-state index in [1.54, 1.807) is 13.8 Å². The number of halogens is 2. The molecule has 1 aromatic carbocycles. The molecule has 106 valence electrons. The maximum atomic E-state index is 13.6. The molecular weight excluding hydrogens is 266 g/mol. The van der Waals surface area contributed by atoms with Crippen LogP contribution in [-0.2, 0) is 6.54 Å². The first-order valence-electron chi connectivity index (χ1n) is 6.03. The molecule has 2 rings (SSSR count). The number of aromatic nitrogens is 1. The summed E-state index contributed by atoms with van der Waals surface area (Å²) in [5.74, 6) is -2.17. The quantitative estimate of drug-likeness (QED) is 0.868. The van der Waals surface area contributed by atoms with Crippen molar-refractivity contribution in [3.63, 3.8) is 0 Å². The fraction of sp³-hybridized carbons (Fsp3) is 0.286. The number of hydrogen-bond donors (Lipinski definition) is 0. The lowest BCUT2D eigenvalue weighted by molar-refractivity contribution is 0.0778. The molecule has 6 heteroatoms. The van der Waals surface area contributed by atoms with Crippen LogP contribution in [0.25, 0.3) is 0 Å². The number of carbonyl (C=O) groups excluding carboxylic acids is 1. The second-order valence-corrected chi connectivity index (χ2v) is 4.57. The van der Waals surface area contributed by atoms with E-state index in [2.05, 4.69) is 5.16 Å². The average molecular weight is 280 g/mol. The number of nitrogens with zero attached hydrogens (tertiary/aromatic N) is 2. The van der Waals surface area contributed by atoms with Gasteiger partial charge < -0.3 is 9.42 Å². The fourth-order valence-corrected chi connectivity index (χ4v) is 1.91. The van der Waals surface area contributed by atoms with Gasteiger partial charge in [0.25, 0.3) is 5.91 Å². The SMILES string of the molecule is Cc1noc(C)c1CN(C)C(=O)c1cccc(F)c1F. The van der Waals surface area contributed by atoms with Gasteiger partial charge in [-0.15, -0.1) is 0 Å². The maximum Gasteiger partial charge on any atom is 0.256 e. The summed E-state index contributed by atoms with van der Waals surface area (Å²) in [6.07, 6.45) is 0. The second kappa shape index (κ2) is 5.40. The normalized spacial score (nSPS) is 10.7. The topological polar surface area (TPSA) is 46.3 Å². The van der Waals surface area contributed by atoms with Gasteiger partial charge in [0.2, 0.25) is 0 Å². The van der Waals surface area contributed by atoms with Crippen molar-refractivity contribution in [2.45, 2.75) is 20.4 Å². The standard InChI is InChI=1S/C14H14F2N2O2/c1-8-11(9(2)20-17-8)7-18(3)14(19)10-5-4-6-12(15)13(10)16/h4-6H,7H2,1-3H3. The first-order chi connectivity index (χ1) is 9.41. The van der Waals surface area contributed by atoms with Crippen LogP contribution in [-0.4, -0.2) is 23.0 Å². The Morgan fingerprint density at radius 2 is 2.05 bits per heavy atom. The lowest BCUT2D eigenvalue weighted by atomic mass is 10.1. The van der Waals surface area contributed by atoms with E-state index < -0.39 is 17.5 Å². The van der Waals surface area contributed by atoms with Gasteiger partial charge in [0.05, 0.1) is 17.8 Å². The highest BCUT2D eigenvalue weighted by Gasteiger charge is 2.20. The molecule has 0 bridgehead atoms. The number of benzene rings is 1. The van der Waals surface area contributed by atoms with Crippen molar-refractivity contribution in [2.24, 2.45) is 0 Å². The van der Waals surface area contributed by atoms with E-state index in [0.717, 1.165) is 11.6 Å². The molecule has 1 aromatic heterocycles. The molecule has 0 radical (unpaired) electrons. The molecule has 0 saturated carbocycles. The average Bonchev–Trinajstić information content (AvgIpc) is 2.73.